The highest BCUT2D eigenvalue weighted by Crippen LogP contribution is 2.22. The molecular formula is C17H26N2O2S. The summed E-state index contributed by atoms with van der Waals surface area (Å²) in [6, 6.07) is 6.43. The van der Waals surface area contributed by atoms with E-state index in [1.54, 1.807) is 0 Å². The summed E-state index contributed by atoms with van der Waals surface area (Å²) in [5.41, 5.74) is 3.14. The van der Waals surface area contributed by atoms with Crippen LogP contribution < -0.4 is 5.32 Å². The van der Waals surface area contributed by atoms with Crippen molar-refractivity contribution in [1.29, 1.82) is 0 Å². The first kappa shape index (κ1) is 17.3. The van der Waals surface area contributed by atoms with E-state index in [0.717, 1.165) is 23.4 Å². The number of rotatable bonds is 6. The number of hydrogen-bond acceptors (Lipinski definition) is 4. The van der Waals surface area contributed by atoms with Crippen molar-refractivity contribution in [2.75, 3.05) is 36.5 Å². The molecule has 1 saturated heterocycles. The van der Waals surface area contributed by atoms with E-state index in [-0.39, 0.29) is 12.5 Å². The standard InChI is InChI=1S/C17H26N2O2S/c1-13-5-6-16(14(2)10-13)18-17(21)11-19(7-8-20)15-4-3-9-22-12-15/h5-6,10,15,20H,3-4,7-9,11-12H2,1-2H3,(H,18,21)/t15-/m1/s1. The summed E-state index contributed by atoms with van der Waals surface area (Å²) in [7, 11) is 0. The van der Waals surface area contributed by atoms with Crippen molar-refractivity contribution in [3.63, 3.8) is 0 Å². The van der Waals surface area contributed by atoms with Crippen LogP contribution >= 0.6 is 11.8 Å². The highest BCUT2D eigenvalue weighted by atomic mass is 32.2. The summed E-state index contributed by atoms with van der Waals surface area (Å²) in [5, 5.41) is 12.3. The number of nitrogens with zero attached hydrogens (tertiary/aromatic N) is 1. The molecule has 0 aromatic heterocycles. The lowest BCUT2D eigenvalue weighted by molar-refractivity contribution is -0.117. The van der Waals surface area contributed by atoms with E-state index in [1.807, 2.05) is 37.7 Å². The maximum Gasteiger partial charge on any atom is 0.238 e. The number of aryl methyl sites for hydroxylation is 2. The molecule has 0 saturated carbocycles. The van der Waals surface area contributed by atoms with Gasteiger partial charge in [0.15, 0.2) is 0 Å². The summed E-state index contributed by atoms with van der Waals surface area (Å²) < 4.78 is 0. The van der Waals surface area contributed by atoms with Crippen molar-refractivity contribution in [3.8, 4) is 0 Å². The summed E-state index contributed by atoms with van der Waals surface area (Å²) >= 11 is 1.94. The highest BCUT2D eigenvalue weighted by Gasteiger charge is 2.23. The van der Waals surface area contributed by atoms with Gasteiger partial charge in [-0.25, -0.2) is 0 Å². The van der Waals surface area contributed by atoms with Gasteiger partial charge < -0.3 is 10.4 Å². The zero-order chi connectivity index (χ0) is 15.9. The second kappa shape index (κ2) is 8.56. The van der Waals surface area contributed by atoms with E-state index in [1.165, 1.54) is 17.7 Å². The number of aliphatic hydroxyl groups is 1. The Morgan fingerprint density at radius 3 is 2.91 bits per heavy atom. The van der Waals surface area contributed by atoms with Gasteiger partial charge in [0.25, 0.3) is 0 Å². The van der Waals surface area contributed by atoms with Crippen LogP contribution in [0.15, 0.2) is 18.2 Å². The normalized spacial score (nSPS) is 18.5. The number of anilines is 1. The van der Waals surface area contributed by atoms with Crippen LogP contribution in [0.2, 0.25) is 0 Å². The van der Waals surface area contributed by atoms with Gasteiger partial charge in [0.2, 0.25) is 5.91 Å². The van der Waals surface area contributed by atoms with E-state index in [9.17, 15) is 9.90 Å². The van der Waals surface area contributed by atoms with Crippen LogP contribution in [0.25, 0.3) is 0 Å². The van der Waals surface area contributed by atoms with Crippen LogP contribution in [-0.2, 0) is 4.79 Å². The predicted molar refractivity (Wildman–Crippen MR) is 93.6 cm³/mol. The maximum absolute atomic E-state index is 12.3. The molecule has 1 aromatic rings. The molecule has 1 heterocycles. The number of nitrogens with one attached hydrogen (secondary N) is 1. The average Bonchev–Trinajstić information content (AvgIpc) is 2.50. The first-order valence-electron chi connectivity index (χ1n) is 7.90. The smallest absolute Gasteiger partial charge is 0.238 e. The van der Waals surface area contributed by atoms with Gasteiger partial charge in [-0.2, -0.15) is 11.8 Å². The summed E-state index contributed by atoms with van der Waals surface area (Å²) in [5.74, 6) is 2.26. The van der Waals surface area contributed by atoms with Gasteiger partial charge in [-0.1, -0.05) is 17.7 Å². The van der Waals surface area contributed by atoms with Crippen LogP contribution in [0.4, 0.5) is 5.69 Å². The van der Waals surface area contributed by atoms with Gasteiger partial charge in [-0.05, 0) is 44.1 Å². The molecule has 0 aliphatic carbocycles. The molecule has 1 fully saturated rings. The van der Waals surface area contributed by atoms with Crippen molar-refractivity contribution in [2.45, 2.75) is 32.7 Å². The molecule has 2 N–H and O–H groups in total. The third-order valence-electron chi connectivity index (χ3n) is 4.04. The lowest BCUT2D eigenvalue weighted by atomic mass is 10.1. The Bertz CT molecular complexity index is 501. The maximum atomic E-state index is 12.3. The molecule has 22 heavy (non-hydrogen) atoms. The largest absolute Gasteiger partial charge is 0.395 e. The Labute approximate surface area is 137 Å². The van der Waals surface area contributed by atoms with Crippen molar-refractivity contribution < 1.29 is 9.90 Å². The molecule has 1 atom stereocenters. The molecule has 1 aliphatic heterocycles. The monoisotopic (exact) mass is 322 g/mol. The van der Waals surface area contributed by atoms with E-state index in [4.69, 9.17) is 0 Å². The minimum atomic E-state index is -0.00373. The molecule has 0 bridgehead atoms. The van der Waals surface area contributed by atoms with Crippen LogP contribution in [0, 0.1) is 13.8 Å². The third kappa shape index (κ3) is 5.00. The molecule has 5 heteroatoms. The zero-order valence-corrected chi connectivity index (χ0v) is 14.3. The molecule has 0 radical (unpaired) electrons. The summed E-state index contributed by atoms with van der Waals surface area (Å²) in [6.07, 6.45) is 2.31. The Kier molecular flexibility index (Phi) is 6.73. The van der Waals surface area contributed by atoms with Gasteiger partial charge in [-0.3, -0.25) is 9.69 Å². The van der Waals surface area contributed by atoms with Crippen molar-refractivity contribution >= 4 is 23.4 Å². The summed E-state index contributed by atoms with van der Waals surface area (Å²) in [6.45, 7) is 5.05. The quantitative estimate of drug-likeness (QED) is 0.844. The first-order valence-corrected chi connectivity index (χ1v) is 9.05. The number of aliphatic hydroxyl groups excluding tert-OH is 1. The Balaban J connectivity index is 1.95. The van der Waals surface area contributed by atoms with Crippen LogP contribution in [-0.4, -0.2) is 53.2 Å². The Morgan fingerprint density at radius 1 is 1.45 bits per heavy atom. The van der Waals surface area contributed by atoms with E-state index >= 15 is 0 Å². The van der Waals surface area contributed by atoms with Gasteiger partial charge in [0.1, 0.15) is 0 Å². The lowest BCUT2D eigenvalue weighted by Crippen LogP contribution is -2.44. The molecule has 1 aromatic carbocycles. The van der Waals surface area contributed by atoms with Gasteiger partial charge in [0, 0.05) is 24.0 Å². The van der Waals surface area contributed by atoms with Crippen LogP contribution in [0.3, 0.4) is 0 Å². The molecule has 2 rings (SSSR count). The van der Waals surface area contributed by atoms with Crippen molar-refractivity contribution in [3.05, 3.63) is 29.3 Å². The topological polar surface area (TPSA) is 52.6 Å². The zero-order valence-electron chi connectivity index (χ0n) is 13.5. The van der Waals surface area contributed by atoms with E-state index in [0.29, 0.717) is 19.1 Å². The second-order valence-corrected chi connectivity index (χ2v) is 7.08. The number of benzene rings is 1. The molecule has 1 aliphatic rings. The molecular weight excluding hydrogens is 296 g/mol. The van der Waals surface area contributed by atoms with Crippen molar-refractivity contribution in [2.24, 2.45) is 0 Å². The number of carbonyl (C=O) groups is 1. The summed E-state index contributed by atoms with van der Waals surface area (Å²) in [4.78, 5) is 14.5. The highest BCUT2D eigenvalue weighted by molar-refractivity contribution is 7.99. The molecule has 122 valence electrons. The van der Waals surface area contributed by atoms with Crippen LogP contribution in [0.5, 0.6) is 0 Å². The molecule has 4 nitrogen and oxygen atoms in total. The fourth-order valence-corrected chi connectivity index (χ4v) is 4.05. The lowest BCUT2D eigenvalue weighted by Gasteiger charge is -2.33. The minimum Gasteiger partial charge on any atom is -0.395 e. The molecule has 0 unspecified atom stereocenters. The van der Waals surface area contributed by atoms with E-state index in [2.05, 4.69) is 16.3 Å². The fraction of sp³-hybridized carbons (Fsp3) is 0.588. The first-order chi connectivity index (χ1) is 10.6. The van der Waals surface area contributed by atoms with Gasteiger partial charge in [0.05, 0.1) is 13.2 Å². The number of carbonyl (C=O) groups excluding carboxylic acids is 1. The number of thioether (sulfide) groups is 1. The number of hydrogen-bond donors (Lipinski definition) is 2. The van der Waals surface area contributed by atoms with Gasteiger partial charge in [-0.15, -0.1) is 0 Å². The Hall–Kier alpha value is -1.04. The predicted octanol–water partition coefficient (Wildman–Crippen LogP) is 2.43. The Morgan fingerprint density at radius 2 is 2.27 bits per heavy atom. The van der Waals surface area contributed by atoms with Crippen molar-refractivity contribution in [1.82, 2.24) is 4.90 Å². The average molecular weight is 322 g/mol. The molecule has 0 spiro atoms. The minimum absolute atomic E-state index is 0.00373. The number of amides is 1. The fourth-order valence-electron chi connectivity index (χ4n) is 2.86. The van der Waals surface area contributed by atoms with E-state index < -0.39 is 0 Å². The second-order valence-electron chi connectivity index (χ2n) is 5.93. The van der Waals surface area contributed by atoms with Crippen LogP contribution in [0.1, 0.15) is 24.0 Å². The molecule has 1 amide bonds. The van der Waals surface area contributed by atoms with Gasteiger partial charge >= 0.3 is 0 Å². The third-order valence-corrected chi connectivity index (χ3v) is 5.24. The SMILES string of the molecule is Cc1ccc(NC(=O)CN(CCO)[C@@H]2CCCSC2)c(C)c1.